The Hall–Kier alpha value is -1.06. The molecule has 1 heterocycles. The second-order valence-corrected chi connectivity index (χ2v) is 4.71. The molecule has 1 saturated heterocycles. The minimum Gasteiger partial charge on any atom is -0.351 e. The van der Waals surface area contributed by atoms with E-state index in [1.165, 1.54) is 12.0 Å². The molecular weight excluding hydrogens is 248 g/mol. The van der Waals surface area contributed by atoms with Crippen LogP contribution in [-0.4, -0.2) is 18.5 Å². The van der Waals surface area contributed by atoms with Crippen LogP contribution in [0.2, 0.25) is 0 Å². The van der Waals surface area contributed by atoms with Gasteiger partial charge in [-0.3, -0.25) is 4.79 Å². The minimum atomic E-state index is 0. The molecule has 1 aliphatic rings. The van der Waals surface area contributed by atoms with E-state index >= 15 is 0 Å². The van der Waals surface area contributed by atoms with Gasteiger partial charge in [0.2, 0.25) is 5.91 Å². The van der Waals surface area contributed by atoms with Gasteiger partial charge in [-0.15, -0.1) is 12.4 Å². The van der Waals surface area contributed by atoms with Crippen molar-refractivity contribution < 1.29 is 4.79 Å². The predicted molar refractivity (Wildman–Crippen MR) is 75.9 cm³/mol. The standard InChI is InChI=1S/C14H20N2O.ClH/c1-11-5-7-12(8-6-11)10-16-14(17)13-4-2-3-9-15-13;/h5-8,13,15H,2-4,9-10H2,1H3,(H,16,17);1H/t13-;/m1./s1. The van der Waals surface area contributed by atoms with Crippen LogP contribution in [-0.2, 0) is 11.3 Å². The van der Waals surface area contributed by atoms with Gasteiger partial charge in [0.05, 0.1) is 6.04 Å². The summed E-state index contributed by atoms with van der Waals surface area (Å²) in [5, 5.41) is 6.24. The lowest BCUT2D eigenvalue weighted by Crippen LogP contribution is -2.46. The molecule has 100 valence electrons. The fourth-order valence-corrected chi connectivity index (χ4v) is 2.09. The third kappa shape index (κ3) is 4.31. The third-order valence-electron chi connectivity index (χ3n) is 3.21. The molecule has 0 unspecified atom stereocenters. The van der Waals surface area contributed by atoms with Gasteiger partial charge in [-0.1, -0.05) is 36.2 Å². The van der Waals surface area contributed by atoms with Gasteiger partial charge >= 0.3 is 0 Å². The van der Waals surface area contributed by atoms with E-state index in [0.717, 1.165) is 24.9 Å². The highest BCUT2D eigenvalue weighted by Crippen LogP contribution is 2.07. The van der Waals surface area contributed by atoms with Crippen LogP contribution < -0.4 is 10.6 Å². The quantitative estimate of drug-likeness (QED) is 0.882. The zero-order valence-corrected chi connectivity index (χ0v) is 11.6. The summed E-state index contributed by atoms with van der Waals surface area (Å²) in [6.07, 6.45) is 3.29. The van der Waals surface area contributed by atoms with Gasteiger partial charge in [0.1, 0.15) is 0 Å². The number of nitrogens with one attached hydrogen (secondary N) is 2. The van der Waals surface area contributed by atoms with Crippen molar-refractivity contribution in [2.45, 2.75) is 38.8 Å². The summed E-state index contributed by atoms with van der Waals surface area (Å²) in [5.74, 6) is 0.130. The second kappa shape index (κ2) is 7.39. The van der Waals surface area contributed by atoms with E-state index in [1.807, 2.05) is 0 Å². The van der Waals surface area contributed by atoms with E-state index in [4.69, 9.17) is 0 Å². The van der Waals surface area contributed by atoms with Crippen molar-refractivity contribution in [1.82, 2.24) is 10.6 Å². The van der Waals surface area contributed by atoms with Gasteiger partial charge < -0.3 is 10.6 Å². The molecule has 4 heteroatoms. The number of carbonyl (C=O) groups excluding carboxylic acids is 1. The lowest BCUT2D eigenvalue weighted by Gasteiger charge is -2.22. The van der Waals surface area contributed by atoms with Crippen molar-refractivity contribution >= 4 is 18.3 Å². The Labute approximate surface area is 115 Å². The maximum Gasteiger partial charge on any atom is 0.237 e. The van der Waals surface area contributed by atoms with Crippen LogP contribution in [0.15, 0.2) is 24.3 Å². The van der Waals surface area contributed by atoms with Crippen molar-refractivity contribution in [3.63, 3.8) is 0 Å². The first kappa shape index (κ1) is 15.0. The molecule has 1 atom stereocenters. The smallest absolute Gasteiger partial charge is 0.237 e. The van der Waals surface area contributed by atoms with Crippen molar-refractivity contribution in [3.8, 4) is 0 Å². The zero-order valence-electron chi connectivity index (χ0n) is 10.7. The number of hydrogen-bond acceptors (Lipinski definition) is 2. The molecule has 0 bridgehead atoms. The number of amides is 1. The molecule has 1 aromatic carbocycles. The monoisotopic (exact) mass is 268 g/mol. The van der Waals surface area contributed by atoms with Crippen molar-refractivity contribution in [1.29, 1.82) is 0 Å². The van der Waals surface area contributed by atoms with Crippen molar-refractivity contribution in [2.75, 3.05) is 6.54 Å². The highest BCUT2D eigenvalue weighted by Gasteiger charge is 2.19. The number of hydrogen-bond donors (Lipinski definition) is 2. The van der Waals surface area contributed by atoms with Gasteiger partial charge in [-0.2, -0.15) is 0 Å². The van der Waals surface area contributed by atoms with Crippen LogP contribution in [0.5, 0.6) is 0 Å². The van der Waals surface area contributed by atoms with E-state index in [0.29, 0.717) is 6.54 Å². The Bertz CT molecular complexity index is 372. The second-order valence-electron chi connectivity index (χ2n) is 4.71. The third-order valence-corrected chi connectivity index (χ3v) is 3.21. The topological polar surface area (TPSA) is 41.1 Å². The van der Waals surface area contributed by atoms with E-state index in [9.17, 15) is 4.79 Å². The normalized spacial score (nSPS) is 18.8. The highest BCUT2D eigenvalue weighted by molar-refractivity contribution is 5.85. The average Bonchev–Trinajstić information content (AvgIpc) is 2.39. The molecule has 2 rings (SSSR count). The van der Waals surface area contributed by atoms with Crippen LogP contribution in [0, 0.1) is 6.92 Å². The Kier molecular flexibility index (Phi) is 6.16. The maximum absolute atomic E-state index is 11.9. The van der Waals surface area contributed by atoms with Gasteiger partial charge in [-0.05, 0) is 31.9 Å². The maximum atomic E-state index is 11.9. The Balaban J connectivity index is 0.00000162. The predicted octanol–water partition coefficient (Wildman–Crippen LogP) is 2.18. The number of carbonyl (C=O) groups is 1. The average molecular weight is 269 g/mol. The van der Waals surface area contributed by atoms with E-state index < -0.39 is 0 Å². The summed E-state index contributed by atoms with van der Waals surface area (Å²) in [6.45, 7) is 3.65. The Morgan fingerprint density at radius 1 is 1.33 bits per heavy atom. The van der Waals surface area contributed by atoms with Crippen molar-refractivity contribution in [3.05, 3.63) is 35.4 Å². The molecule has 0 spiro atoms. The van der Waals surface area contributed by atoms with Crippen LogP contribution >= 0.6 is 12.4 Å². The zero-order chi connectivity index (χ0) is 12.1. The summed E-state index contributed by atoms with van der Waals surface area (Å²) in [7, 11) is 0. The lowest BCUT2D eigenvalue weighted by atomic mass is 10.0. The fraction of sp³-hybridized carbons (Fsp3) is 0.500. The largest absolute Gasteiger partial charge is 0.351 e. The minimum absolute atomic E-state index is 0. The van der Waals surface area contributed by atoms with Gasteiger partial charge in [0.15, 0.2) is 0 Å². The highest BCUT2D eigenvalue weighted by atomic mass is 35.5. The summed E-state index contributed by atoms with van der Waals surface area (Å²) < 4.78 is 0. The Morgan fingerprint density at radius 3 is 2.67 bits per heavy atom. The molecular formula is C14H21ClN2O. The number of aryl methyl sites for hydroxylation is 1. The number of halogens is 1. The molecule has 1 fully saturated rings. The van der Waals surface area contributed by atoms with Gasteiger partial charge in [-0.25, -0.2) is 0 Å². The van der Waals surface area contributed by atoms with E-state index in [-0.39, 0.29) is 24.4 Å². The van der Waals surface area contributed by atoms with E-state index in [2.05, 4.69) is 41.8 Å². The first-order chi connectivity index (χ1) is 8.25. The molecule has 0 aliphatic carbocycles. The van der Waals surface area contributed by atoms with Crippen molar-refractivity contribution in [2.24, 2.45) is 0 Å². The molecule has 1 aromatic rings. The first-order valence-corrected chi connectivity index (χ1v) is 6.32. The SMILES string of the molecule is Cc1ccc(CNC(=O)[C@H]2CCCCN2)cc1.Cl. The number of benzene rings is 1. The van der Waals surface area contributed by atoms with Gasteiger partial charge in [0, 0.05) is 6.54 Å². The molecule has 18 heavy (non-hydrogen) atoms. The molecule has 1 amide bonds. The summed E-state index contributed by atoms with van der Waals surface area (Å²) >= 11 is 0. The molecule has 0 saturated carbocycles. The van der Waals surface area contributed by atoms with Gasteiger partial charge in [0.25, 0.3) is 0 Å². The van der Waals surface area contributed by atoms with Crippen LogP contribution in [0.1, 0.15) is 30.4 Å². The summed E-state index contributed by atoms with van der Waals surface area (Å²) in [4.78, 5) is 11.9. The summed E-state index contributed by atoms with van der Waals surface area (Å²) in [6, 6.07) is 8.27. The first-order valence-electron chi connectivity index (χ1n) is 6.32. The Morgan fingerprint density at radius 2 is 2.06 bits per heavy atom. The van der Waals surface area contributed by atoms with Crippen LogP contribution in [0.25, 0.3) is 0 Å². The molecule has 2 N–H and O–H groups in total. The van der Waals surface area contributed by atoms with Crippen LogP contribution in [0.4, 0.5) is 0 Å². The lowest BCUT2D eigenvalue weighted by molar-refractivity contribution is -0.123. The van der Waals surface area contributed by atoms with E-state index in [1.54, 1.807) is 0 Å². The molecule has 3 nitrogen and oxygen atoms in total. The molecule has 1 aliphatic heterocycles. The van der Waals surface area contributed by atoms with Crippen LogP contribution in [0.3, 0.4) is 0 Å². The number of rotatable bonds is 3. The number of piperidine rings is 1. The molecule has 0 radical (unpaired) electrons. The molecule has 0 aromatic heterocycles. The fourth-order valence-electron chi connectivity index (χ4n) is 2.09. The summed E-state index contributed by atoms with van der Waals surface area (Å²) in [5.41, 5.74) is 2.40.